The molecule has 0 unspecified atom stereocenters. The van der Waals surface area contributed by atoms with Gasteiger partial charge in [-0.1, -0.05) is 42.7 Å². The molecule has 112 valence electrons. The Labute approximate surface area is 126 Å². The molecule has 4 rings (SSSR count). The van der Waals surface area contributed by atoms with Crippen molar-refractivity contribution in [1.29, 1.82) is 0 Å². The average Bonchev–Trinajstić information content (AvgIpc) is 2.55. The highest BCUT2D eigenvalue weighted by Crippen LogP contribution is 2.52. The van der Waals surface area contributed by atoms with Gasteiger partial charge in [-0.15, -0.1) is 0 Å². The van der Waals surface area contributed by atoms with Gasteiger partial charge in [0.2, 0.25) is 0 Å². The molecule has 0 aromatic heterocycles. The maximum Gasteiger partial charge on any atom is 0.121 e. The van der Waals surface area contributed by atoms with Gasteiger partial charge in [0.1, 0.15) is 5.75 Å². The van der Waals surface area contributed by atoms with Gasteiger partial charge in [-0.2, -0.15) is 0 Å². The Balaban J connectivity index is 1.72. The van der Waals surface area contributed by atoms with Gasteiger partial charge in [0.15, 0.2) is 0 Å². The van der Waals surface area contributed by atoms with Gasteiger partial charge in [-0.05, 0) is 38.2 Å². The second-order valence-electron chi connectivity index (χ2n) is 6.79. The number of hydrogen-bond acceptors (Lipinski definition) is 2. The second kappa shape index (κ2) is 5.49. The lowest BCUT2D eigenvalue weighted by Gasteiger charge is -2.47. The van der Waals surface area contributed by atoms with Crippen molar-refractivity contribution in [3.05, 3.63) is 41.5 Å². The number of hydrogen-bond donors (Lipinski definition) is 1. The van der Waals surface area contributed by atoms with E-state index in [-0.39, 0.29) is 6.10 Å². The van der Waals surface area contributed by atoms with Gasteiger partial charge >= 0.3 is 0 Å². The molecule has 1 aromatic carbocycles. The van der Waals surface area contributed by atoms with Crippen LogP contribution in [0.2, 0.25) is 0 Å². The number of benzene rings is 1. The standard InChI is InChI=1S/C19H24O2/c20-17-11-5-3-10-16(17)19-15-9-2-1-7-13(15)14-8-4-6-12-18(14)21-19/h3,5,7,10-11,14-15,18-20H,1-2,4,6,8-9,12H2/t14-,15-,18+,19-/m0/s1. The highest BCUT2D eigenvalue weighted by molar-refractivity contribution is 5.37. The van der Waals surface area contributed by atoms with E-state index >= 15 is 0 Å². The van der Waals surface area contributed by atoms with Gasteiger partial charge in [-0.25, -0.2) is 0 Å². The lowest BCUT2D eigenvalue weighted by Crippen LogP contribution is -2.41. The minimum Gasteiger partial charge on any atom is -0.508 e. The van der Waals surface area contributed by atoms with E-state index in [2.05, 4.69) is 6.08 Å². The lowest BCUT2D eigenvalue weighted by atomic mass is 9.68. The summed E-state index contributed by atoms with van der Waals surface area (Å²) in [7, 11) is 0. The van der Waals surface area contributed by atoms with Crippen molar-refractivity contribution in [3.8, 4) is 5.75 Å². The molecule has 2 fully saturated rings. The summed E-state index contributed by atoms with van der Waals surface area (Å²) in [6.07, 6.45) is 11.7. The molecule has 0 bridgehead atoms. The van der Waals surface area contributed by atoms with Crippen molar-refractivity contribution >= 4 is 0 Å². The van der Waals surface area contributed by atoms with Crippen LogP contribution >= 0.6 is 0 Å². The maximum absolute atomic E-state index is 10.2. The smallest absolute Gasteiger partial charge is 0.121 e. The van der Waals surface area contributed by atoms with Crippen LogP contribution in [0.5, 0.6) is 5.75 Å². The molecule has 2 nitrogen and oxygen atoms in total. The van der Waals surface area contributed by atoms with Crippen LogP contribution < -0.4 is 0 Å². The Hall–Kier alpha value is -1.28. The van der Waals surface area contributed by atoms with Crippen molar-refractivity contribution in [2.45, 2.75) is 57.2 Å². The van der Waals surface area contributed by atoms with Crippen molar-refractivity contribution in [2.24, 2.45) is 11.8 Å². The summed E-state index contributed by atoms with van der Waals surface area (Å²) in [4.78, 5) is 0. The third-order valence-corrected chi connectivity index (χ3v) is 5.59. The van der Waals surface area contributed by atoms with Gasteiger partial charge < -0.3 is 9.84 Å². The SMILES string of the molecule is Oc1ccccc1[C@H]1O[C@@H]2CCCC[C@H]2C2=CCCC[C@@H]21. The number of rotatable bonds is 1. The van der Waals surface area contributed by atoms with E-state index in [0.717, 1.165) is 5.56 Å². The van der Waals surface area contributed by atoms with E-state index < -0.39 is 0 Å². The van der Waals surface area contributed by atoms with Crippen LogP contribution in [-0.4, -0.2) is 11.2 Å². The Bertz CT molecular complexity index is 548. The van der Waals surface area contributed by atoms with Crippen molar-refractivity contribution in [2.75, 3.05) is 0 Å². The summed E-state index contributed by atoms with van der Waals surface area (Å²) in [5.41, 5.74) is 2.63. The molecule has 1 aliphatic heterocycles. The first-order valence-corrected chi connectivity index (χ1v) is 8.48. The second-order valence-corrected chi connectivity index (χ2v) is 6.79. The first-order chi connectivity index (χ1) is 10.3. The van der Waals surface area contributed by atoms with Crippen LogP contribution in [0, 0.1) is 11.8 Å². The molecule has 21 heavy (non-hydrogen) atoms. The number of aromatic hydroxyl groups is 1. The van der Waals surface area contributed by atoms with Crippen molar-refractivity contribution in [1.82, 2.24) is 0 Å². The minimum absolute atomic E-state index is 0.0529. The molecule has 0 radical (unpaired) electrons. The number of allylic oxidation sites excluding steroid dienone is 1. The van der Waals surface area contributed by atoms with E-state index in [9.17, 15) is 5.11 Å². The number of fused-ring (bicyclic) bond motifs is 3. The van der Waals surface area contributed by atoms with E-state index in [4.69, 9.17) is 4.74 Å². The molecule has 2 heteroatoms. The summed E-state index contributed by atoms with van der Waals surface area (Å²) in [6.45, 7) is 0. The van der Waals surface area contributed by atoms with E-state index in [0.29, 0.717) is 23.7 Å². The molecular formula is C19H24O2. The third kappa shape index (κ3) is 2.30. The van der Waals surface area contributed by atoms with Crippen LogP contribution in [0.4, 0.5) is 0 Å². The zero-order valence-electron chi connectivity index (χ0n) is 12.5. The number of para-hydroxylation sites is 1. The molecule has 1 heterocycles. The fourth-order valence-corrected chi connectivity index (χ4v) is 4.62. The highest BCUT2D eigenvalue weighted by atomic mass is 16.5. The predicted molar refractivity (Wildman–Crippen MR) is 83.1 cm³/mol. The van der Waals surface area contributed by atoms with Crippen LogP contribution in [-0.2, 0) is 4.74 Å². The Kier molecular flexibility index (Phi) is 3.50. The lowest BCUT2D eigenvalue weighted by molar-refractivity contribution is -0.107. The van der Waals surface area contributed by atoms with E-state index in [1.165, 1.54) is 44.9 Å². The van der Waals surface area contributed by atoms with Crippen LogP contribution in [0.25, 0.3) is 0 Å². The van der Waals surface area contributed by atoms with Gasteiger partial charge in [-0.3, -0.25) is 0 Å². The summed E-state index contributed by atoms with van der Waals surface area (Å²) < 4.78 is 6.53. The molecule has 1 aromatic rings. The molecule has 4 atom stereocenters. The topological polar surface area (TPSA) is 29.5 Å². The Morgan fingerprint density at radius 1 is 0.952 bits per heavy atom. The Morgan fingerprint density at radius 2 is 1.76 bits per heavy atom. The summed E-state index contributed by atoms with van der Waals surface area (Å²) in [5, 5.41) is 10.2. The molecular weight excluding hydrogens is 260 g/mol. The molecule has 1 saturated heterocycles. The van der Waals surface area contributed by atoms with Gasteiger partial charge in [0.05, 0.1) is 12.2 Å². The minimum atomic E-state index is 0.0529. The highest BCUT2D eigenvalue weighted by Gasteiger charge is 2.44. The molecule has 0 spiro atoms. The zero-order chi connectivity index (χ0) is 14.2. The third-order valence-electron chi connectivity index (χ3n) is 5.59. The largest absolute Gasteiger partial charge is 0.508 e. The van der Waals surface area contributed by atoms with Crippen LogP contribution in [0.1, 0.15) is 56.6 Å². The Morgan fingerprint density at radius 3 is 2.67 bits per heavy atom. The van der Waals surface area contributed by atoms with E-state index in [1.54, 1.807) is 11.6 Å². The fourth-order valence-electron chi connectivity index (χ4n) is 4.62. The molecule has 3 aliphatic rings. The monoisotopic (exact) mass is 284 g/mol. The van der Waals surface area contributed by atoms with Crippen molar-refractivity contribution < 1.29 is 9.84 Å². The number of ether oxygens (including phenoxy) is 1. The van der Waals surface area contributed by atoms with E-state index in [1.807, 2.05) is 18.2 Å². The van der Waals surface area contributed by atoms with Gasteiger partial charge in [0, 0.05) is 17.4 Å². The number of phenols is 1. The fraction of sp³-hybridized carbons (Fsp3) is 0.579. The van der Waals surface area contributed by atoms with Crippen LogP contribution in [0.15, 0.2) is 35.9 Å². The average molecular weight is 284 g/mol. The quantitative estimate of drug-likeness (QED) is 0.754. The maximum atomic E-state index is 10.2. The van der Waals surface area contributed by atoms with Crippen molar-refractivity contribution in [3.63, 3.8) is 0 Å². The summed E-state index contributed by atoms with van der Waals surface area (Å²) in [6, 6.07) is 7.73. The normalized spacial score (nSPS) is 35.5. The summed E-state index contributed by atoms with van der Waals surface area (Å²) in [5.74, 6) is 1.51. The van der Waals surface area contributed by atoms with Gasteiger partial charge in [0.25, 0.3) is 0 Å². The predicted octanol–water partition coefficient (Wildman–Crippen LogP) is 4.75. The first-order valence-electron chi connectivity index (χ1n) is 8.48. The molecule has 1 saturated carbocycles. The molecule has 1 N–H and O–H groups in total. The number of phenolic OH excluding ortho intramolecular Hbond substituents is 1. The zero-order valence-corrected chi connectivity index (χ0v) is 12.5. The molecule has 0 amide bonds. The first kappa shape index (κ1) is 13.4. The van der Waals surface area contributed by atoms with Crippen LogP contribution in [0.3, 0.4) is 0 Å². The summed E-state index contributed by atoms with van der Waals surface area (Å²) >= 11 is 0. The molecule has 2 aliphatic carbocycles.